The molecule has 4 nitrogen and oxygen atoms in total. The summed E-state index contributed by atoms with van der Waals surface area (Å²) in [6, 6.07) is 13.8. The molecule has 2 N–H and O–H groups in total. The van der Waals surface area contributed by atoms with Crippen LogP contribution in [0.3, 0.4) is 0 Å². The van der Waals surface area contributed by atoms with Crippen LogP contribution in [0.15, 0.2) is 42.5 Å². The number of nitrogens with zero attached hydrogens (tertiary/aromatic N) is 1. The zero-order valence-corrected chi connectivity index (χ0v) is 15.3. The summed E-state index contributed by atoms with van der Waals surface area (Å²) in [5.41, 5.74) is 4.15. The number of hydrogen-bond donors (Lipinski definition) is 2. The third-order valence-corrected chi connectivity index (χ3v) is 4.72. The summed E-state index contributed by atoms with van der Waals surface area (Å²) in [5.74, 6) is 0.00102. The van der Waals surface area contributed by atoms with E-state index in [1.807, 2.05) is 37.3 Å². The van der Waals surface area contributed by atoms with Gasteiger partial charge in [0, 0.05) is 48.1 Å². The second kappa shape index (κ2) is 8.26. The number of hydrogen-bond acceptors (Lipinski definition) is 3. The van der Waals surface area contributed by atoms with Crippen molar-refractivity contribution in [1.29, 1.82) is 0 Å². The molecular weight excluding hydrogens is 334 g/mol. The lowest BCUT2D eigenvalue weighted by Crippen LogP contribution is -2.18. The van der Waals surface area contributed by atoms with Crippen LogP contribution >= 0.6 is 11.6 Å². The number of amides is 1. The minimum atomic E-state index is 0.00102. The molecule has 0 bridgehead atoms. The second-order valence-corrected chi connectivity index (χ2v) is 6.86. The lowest BCUT2D eigenvalue weighted by molar-refractivity contribution is -0.115. The summed E-state index contributed by atoms with van der Waals surface area (Å²) >= 11 is 6.00. The van der Waals surface area contributed by atoms with Crippen LogP contribution in [0, 0.1) is 6.92 Å². The molecule has 1 aliphatic rings. The van der Waals surface area contributed by atoms with Gasteiger partial charge in [0.2, 0.25) is 5.91 Å². The molecule has 0 saturated carbocycles. The van der Waals surface area contributed by atoms with Gasteiger partial charge in [-0.3, -0.25) is 4.79 Å². The normalized spacial score (nSPS) is 13.8. The Morgan fingerprint density at radius 3 is 2.56 bits per heavy atom. The maximum atomic E-state index is 12.1. The van der Waals surface area contributed by atoms with E-state index in [0.717, 1.165) is 30.0 Å². The van der Waals surface area contributed by atoms with Crippen molar-refractivity contribution in [3.63, 3.8) is 0 Å². The third kappa shape index (κ3) is 4.89. The number of carbonyl (C=O) groups is 1. The molecule has 3 rings (SSSR count). The van der Waals surface area contributed by atoms with Crippen molar-refractivity contribution in [1.82, 2.24) is 0 Å². The van der Waals surface area contributed by atoms with Crippen LogP contribution in [0.25, 0.3) is 0 Å². The molecule has 0 radical (unpaired) electrons. The smallest absolute Gasteiger partial charge is 0.226 e. The van der Waals surface area contributed by atoms with Gasteiger partial charge < -0.3 is 15.5 Å². The van der Waals surface area contributed by atoms with Gasteiger partial charge in [-0.25, -0.2) is 0 Å². The van der Waals surface area contributed by atoms with Gasteiger partial charge >= 0.3 is 0 Å². The van der Waals surface area contributed by atoms with E-state index in [-0.39, 0.29) is 5.91 Å². The fourth-order valence-corrected chi connectivity index (χ4v) is 3.22. The topological polar surface area (TPSA) is 44.4 Å². The van der Waals surface area contributed by atoms with E-state index >= 15 is 0 Å². The average molecular weight is 358 g/mol. The van der Waals surface area contributed by atoms with Crippen molar-refractivity contribution in [2.24, 2.45) is 0 Å². The highest BCUT2D eigenvalue weighted by molar-refractivity contribution is 6.30. The largest absolute Gasteiger partial charge is 0.384 e. The first-order chi connectivity index (χ1) is 12.1. The van der Waals surface area contributed by atoms with Crippen LogP contribution < -0.4 is 15.5 Å². The molecule has 0 atom stereocenters. The molecule has 132 valence electrons. The monoisotopic (exact) mass is 357 g/mol. The summed E-state index contributed by atoms with van der Waals surface area (Å²) in [5, 5.41) is 6.90. The van der Waals surface area contributed by atoms with Crippen LogP contribution in [0.1, 0.15) is 24.8 Å². The van der Waals surface area contributed by atoms with Crippen molar-refractivity contribution in [2.45, 2.75) is 26.2 Å². The number of halogens is 1. The van der Waals surface area contributed by atoms with E-state index in [4.69, 9.17) is 11.6 Å². The molecule has 0 aliphatic carbocycles. The molecule has 2 aromatic rings. The van der Waals surface area contributed by atoms with Gasteiger partial charge in [0.25, 0.3) is 0 Å². The molecule has 0 unspecified atom stereocenters. The van der Waals surface area contributed by atoms with Gasteiger partial charge in [-0.15, -0.1) is 0 Å². The first-order valence-electron chi connectivity index (χ1n) is 8.77. The molecule has 1 heterocycles. The summed E-state index contributed by atoms with van der Waals surface area (Å²) in [7, 11) is 0. The fourth-order valence-electron chi connectivity index (χ4n) is 3.05. The van der Waals surface area contributed by atoms with Gasteiger partial charge in [-0.05, 0) is 61.7 Å². The molecule has 1 amide bonds. The predicted molar refractivity (Wildman–Crippen MR) is 106 cm³/mol. The maximum Gasteiger partial charge on any atom is 0.226 e. The van der Waals surface area contributed by atoms with Crippen LogP contribution in [0.4, 0.5) is 17.1 Å². The Bertz CT molecular complexity index is 724. The second-order valence-electron chi connectivity index (χ2n) is 6.43. The van der Waals surface area contributed by atoms with E-state index in [9.17, 15) is 4.79 Å². The van der Waals surface area contributed by atoms with Gasteiger partial charge in [0.05, 0.1) is 0 Å². The first kappa shape index (κ1) is 17.6. The predicted octanol–water partition coefficient (Wildman–Crippen LogP) is 4.69. The fraction of sp³-hybridized carbons (Fsp3) is 0.350. The molecule has 1 aliphatic heterocycles. The van der Waals surface area contributed by atoms with Crippen LogP contribution in [0.2, 0.25) is 5.02 Å². The van der Waals surface area contributed by atoms with E-state index < -0.39 is 0 Å². The summed E-state index contributed by atoms with van der Waals surface area (Å²) < 4.78 is 0. The molecule has 1 fully saturated rings. The van der Waals surface area contributed by atoms with Gasteiger partial charge in [0.15, 0.2) is 0 Å². The minimum Gasteiger partial charge on any atom is -0.384 e. The van der Waals surface area contributed by atoms with E-state index in [1.165, 1.54) is 18.5 Å². The SMILES string of the molecule is Cc1ccc(Cl)cc1NCCC(=O)Nc1ccc(N2CCCC2)cc1. The van der Waals surface area contributed by atoms with Crippen molar-refractivity contribution in [3.05, 3.63) is 53.1 Å². The molecule has 2 aromatic carbocycles. The molecule has 0 spiro atoms. The Morgan fingerprint density at radius 2 is 1.84 bits per heavy atom. The van der Waals surface area contributed by atoms with Crippen molar-refractivity contribution < 1.29 is 4.79 Å². The zero-order chi connectivity index (χ0) is 17.6. The molecule has 1 saturated heterocycles. The van der Waals surface area contributed by atoms with Crippen LogP contribution in [-0.2, 0) is 4.79 Å². The Labute approximate surface area is 154 Å². The van der Waals surface area contributed by atoms with Crippen LogP contribution in [0.5, 0.6) is 0 Å². The Balaban J connectivity index is 1.46. The number of aryl methyl sites for hydroxylation is 1. The summed E-state index contributed by atoms with van der Waals surface area (Å²) in [6.45, 7) is 4.83. The standard InChI is InChI=1S/C20H24ClN3O/c1-15-4-5-16(21)14-19(15)22-11-10-20(25)23-17-6-8-18(9-7-17)24-12-2-3-13-24/h4-9,14,22H,2-3,10-13H2,1H3,(H,23,25). The molecule has 5 heteroatoms. The van der Waals surface area contributed by atoms with Crippen LogP contribution in [-0.4, -0.2) is 25.5 Å². The number of rotatable bonds is 6. The molecule has 0 aromatic heterocycles. The van der Waals surface area contributed by atoms with Crippen molar-refractivity contribution >= 4 is 34.6 Å². The highest BCUT2D eigenvalue weighted by Crippen LogP contribution is 2.22. The molecular formula is C20H24ClN3O. The number of nitrogens with one attached hydrogen (secondary N) is 2. The highest BCUT2D eigenvalue weighted by Gasteiger charge is 2.12. The van der Waals surface area contributed by atoms with E-state index in [0.29, 0.717) is 18.0 Å². The van der Waals surface area contributed by atoms with Crippen molar-refractivity contribution in [3.8, 4) is 0 Å². The minimum absolute atomic E-state index is 0.00102. The lowest BCUT2D eigenvalue weighted by Gasteiger charge is -2.17. The first-order valence-corrected chi connectivity index (χ1v) is 9.14. The quantitative estimate of drug-likeness (QED) is 0.788. The molecule has 25 heavy (non-hydrogen) atoms. The number of carbonyl (C=O) groups excluding carboxylic acids is 1. The van der Waals surface area contributed by atoms with E-state index in [2.05, 4.69) is 27.7 Å². The number of benzene rings is 2. The Morgan fingerprint density at radius 1 is 1.12 bits per heavy atom. The average Bonchev–Trinajstić information content (AvgIpc) is 3.13. The lowest BCUT2D eigenvalue weighted by atomic mass is 10.2. The maximum absolute atomic E-state index is 12.1. The Hall–Kier alpha value is -2.20. The van der Waals surface area contributed by atoms with E-state index in [1.54, 1.807) is 0 Å². The summed E-state index contributed by atoms with van der Waals surface area (Å²) in [4.78, 5) is 14.5. The third-order valence-electron chi connectivity index (χ3n) is 4.49. The van der Waals surface area contributed by atoms with Gasteiger partial charge in [-0.2, -0.15) is 0 Å². The van der Waals surface area contributed by atoms with Gasteiger partial charge in [0.1, 0.15) is 0 Å². The van der Waals surface area contributed by atoms with Gasteiger partial charge in [-0.1, -0.05) is 17.7 Å². The number of anilines is 3. The summed E-state index contributed by atoms with van der Waals surface area (Å²) in [6.07, 6.45) is 2.93. The highest BCUT2D eigenvalue weighted by atomic mass is 35.5. The Kier molecular flexibility index (Phi) is 5.82. The van der Waals surface area contributed by atoms with Crippen molar-refractivity contribution in [2.75, 3.05) is 35.2 Å². The zero-order valence-electron chi connectivity index (χ0n) is 14.5.